The molecule has 2 rings (SSSR count). The molecule has 2 aliphatic rings. The Bertz CT molecular complexity index is 150. The van der Waals surface area contributed by atoms with Crippen LogP contribution in [0.4, 0.5) is 0 Å². The third-order valence-electron chi connectivity index (χ3n) is 2.93. The van der Waals surface area contributed by atoms with Crippen LogP contribution in [0.1, 0.15) is 32.6 Å². The van der Waals surface area contributed by atoms with Crippen molar-refractivity contribution in [3.63, 3.8) is 0 Å². The van der Waals surface area contributed by atoms with E-state index in [1.807, 2.05) is 0 Å². The zero-order valence-electron chi connectivity index (χ0n) is 7.05. The molecule has 1 heterocycles. The minimum Gasteiger partial charge on any atom is -0.390 e. The van der Waals surface area contributed by atoms with Gasteiger partial charge in [0.25, 0.3) is 0 Å². The standard InChI is InChI=1S/C9H16O2/c1-2-9(10,7-3-4-7)5-8-6-11-8/h7-8,10H,2-6H2,1H3/t8-,9+/m1/s1. The van der Waals surface area contributed by atoms with Crippen molar-refractivity contribution in [2.75, 3.05) is 6.61 Å². The summed E-state index contributed by atoms with van der Waals surface area (Å²) >= 11 is 0. The minimum atomic E-state index is -0.388. The van der Waals surface area contributed by atoms with Crippen LogP contribution < -0.4 is 0 Å². The van der Waals surface area contributed by atoms with Gasteiger partial charge in [-0.2, -0.15) is 0 Å². The first-order valence-electron chi connectivity index (χ1n) is 4.58. The van der Waals surface area contributed by atoms with Crippen LogP contribution in [0.3, 0.4) is 0 Å². The molecule has 0 aromatic heterocycles. The summed E-state index contributed by atoms with van der Waals surface area (Å²) < 4.78 is 5.12. The molecule has 0 aromatic carbocycles. The van der Waals surface area contributed by atoms with Crippen LogP contribution in [-0.4, -0.2) is 23.4 Å². The highest BCUT2D eigenvalue weighted by Gasteiger charge is 2.45. The molecular formula is C9H16O2. The number of hydrogen-bond acceptors (Lipinski definition) is 2. The van der Waals surface area contributed by atoms with Crippen molar-refractivity contribution < 1.29 is 9.84 Å². The molecule has 1 aliphatic carbocycles. The van der Waals surface area contributed by atoms with Crippen LogP contribution in [-0.2, 0) is 4.74 Å². The van der Waals surface area contributed by atoms with Crippen LogP contribution in [0.2, 0.25) is 0 Å². The molecule has 64 valence electrons. The van der Waals surface area contributed by atoms with Gasteiger partial charge in [-0.15, -0.1) is 0 Å². The number of aliphatic hydroxyl groups is 1. The van der Waals surface area contributed by atoms with Gasteiger partial charge < -0.3 is 9.84 Å². The Hall–Kier alpha value is -0.0800. The van der Waals surface area contributed by atoms with E-state index in [0.717, 1.165) is 19.4 Å². The molecule has 0 spiro atoms. The first kappa shape index (κ1) is 7.56. The molecule has 0 radical (unpaired) electrons. The van der Waals surface area contributed by atoms with E-state index in [1.165, 1.54) is 12.8 Å². The van der Waals surface area contributed by atoms with Crippen LogP contribution in [0.5, 0.6) is 0 Å². The second kappa shape index (κ2) is 2.46. The zero-order chi connectivity index (χ0) is 7.90. The third kappa shape index (κ3) is 1.57. The van der Waals surface area contributed by atoms with Crippen molar-refractivity contribution in [1.82, 2.24) is 0 Å². The average molecular weight is 156 g/mol. The van der Waals surface area contributed by atoms with Gasteiger partial charge in [-0.25, -0.2) is 0 Å². The van der Waals surface area contributed by atoms with Crippen LogP contribution >= 0.6 is 0 Å². The summed E-state index contributed by atoms with van der Waals surface area (Å²) in [4.78, 5) is 0. The summed E-state index contributed by atoms with van der Waals surface area (Å²) in [6, 6.07) is 0. The summed E-state index contributed by atoms with van der Waals surface area (Å²) in [5, 5.41) is 10.1. The molecule has 2 atom stereocenters. The predicted octanol–water partition coefficient (Wildman–Crippen LogP) is 1.33. The summed E-state index contributed by atoms with van der Waals surface area (Å²) in [7, 11) is 0. The molecule has 0 unspecified atom stereocenters. The summed E-state index contributed by atoms with van der Waals surface area (Å²) in [5.74, 6) is 0.580. The summed E-state index contributed by atoms with van der Waals surface area (Å²) in [6.45, 7) is 2.94. The van der Waals surface area contributed by atoms with Gasteiger partial charge in [-0.3, -0.25) is 0 Å². The molecule has 1 aliphatic heterocycles. The quantitative estimate of drug-likeness (QED) is 0.623. The highest BCUT2D eigenvalue weighted by molar-refractivity contribution is 4.96. The molecule has 1 N–H and O–H groups in total. The monoisotopic (exact) mass is 156 g/mol. The van der Waals surface area contributed by atoms with E-state index in [9.17, 15) is 5.11 Å². The second-order valence-corrected chi connectivity index (χ2v) is 3.89. The number of rotatable bonds is 4. The lowest BCUT2D eigenvalue weighted by molar-refractivity contribution is -0.00114. The predicted molar refractivity (Wildman–Crippen MR) is 42.3 cm³/mol. The van der Waals surface area contributed by atoms with E-state index in [2.05, 4.69) is 6.92 Å². The zero-order valence-corrected chi connectivity index (χ0v) is 7.05. The molecular weight excluding hydrogens is 140 g/mol. The van der Waals surface area contributed by atoms with E-state index in [0.29, 0.717) is 12.0 Å². The van der Waals surface area contributed by atoms with Crippen LogP contribution in [0, 0.1) is 5.92 Å². The van der Waals surface area contributed by atoms with E-state index in [4.69, 9.17) is 4.74 Å². The maximum atomic E-state index is 10.1. The lowest BCUT2D eigenvalue weighted by Crippen LogP contribution is -2.32. The van der Waals surface area contributed by atoms with E-state index < -0.39 is 0 Å². The smallest absolute Gasteiger partial charge is 0.0837 e. The number of ether oxygens (including phenoxy) is 1. The van der Waals surface area contributed by atoms with E-state index >= 15 is 0 Å². The summed E-state index contributed by atoms with van der Waals surface area (Å²) in [6.07, 6.45) is 4.57. The van der Waals surface area contributed by atoms with Gasteiger partial charge in [0.1, 0.15) is 0 Å². The lowest BCUT2D eigenvalue weighted by atomic mass is 9.89. The first-order valence-corrected chi connectivity index (χ1v) is 4.58. The van der Waals surface area contributed by atoms with Crippen molar-refractivity contribution >= 4 is 0 Å². The van der Waals surface area contributed by atoms with Gasteiger partial charge in [0.05, 0.1) is 18.3 Å². The Morgan fingerprint density at radius 2 is 2.18 bits per heavy atom. The molecule has 2 heteroatoms. The normalized spacial score (nSPS) is 34.9. The molecule has 1 saturated heterocycles. The van der Waals surface area contributed by atoms with Gasteiger partial charge in [-0.05, 0) is 25.2 Å². The maximum absolute atomic E-state index is 10.1. The Labute approximate surface area is 67.6 Å². The van der Waals surface area contributed by atoms with Crippen molar-refractivity contribution in [1.29, 1.82) is 0 Å². The third-order valence-corrected chi connectivity index (χ3v) is 2.93. The number of epoxide rings is 1. The Kier molecular flexibility index (Phi) is 1.69. The Morgan fingerprint density at radius 1 is 1.55 bits per heavy atom. The molecule has 0 bridgehead atoms. The fourth-order valence-electron chi connectivity index (χ4n) is 1.80. The molecule has 2 nitrogen and oxygen atoms in total. The van der Waals surface area contributed by atoms with Crippen molar-refractivity contribution in [2.45, 2.75) is 44.3 Å². The van der Waals surface area contributed by atoms with Gasteiger partial charge in [0.2, 0.25) is 0 Å². The molecule has 0 amide bonds. The summed E-state index contributed by atoms with van der Waals surface area (Å²) in [5.41, 5.74) is -0.388. The number of hydrogen-bond donors (Lipinski definition) is 1. The highest BCUT2D eigenvalue weighted by atomic mass is 16.6. The maximum Gasteiger partial charge on any atom is 0.0837 e. The van der Waals surface area contributed by atoms with E-state index in [-0.39, 0.29) is 5.60 Å². The Morgan fingerprint density at radius 3 is 2.55 bits per heavy atom. The lowest BCUT2D eigenvalue weighted by Gasteiger charge is -2.25. The Balaban J connectivity index is 1.90. The fourth-order valence-corrected chi connectivity index (χ4v) is 1.80. The second-order valence-electron chi connectivity index (χ2n) is 3.89. The van der Waals surface area contributed by atoms with Gasteiger partial charge in [0.15, 0.2) is 0 Å². The first-order chi connectivity index (χ1) is 5.24. The van der Waals surface area contributed by atoms with Gasteiger partial charge >= 0.3 is 0 Å². The van der Waals surface area contributed by atoms with Crippen LogP contribution in [0.15, 0.2) is 0 Å². The highest BCUT2D eigenvalue weighted by Crippen LogP contribution is 2.45. The van der Waals surface area contributed by atoms with Gasteiger partial charge in [-0.1, -0.05) is 6.92 Å². The molecule has 11 heavy (non-hydrogen) atoms. The van der Waals surface area contributed by atoms with Crippen molar-refractivity contribution in [2.24, 2.45) is 5.92 Å². The molecule has 1 saturated carbocycles. The minimum absolute atomic E-state index is 0.376. The largest absolute Gasteiger partial charge is 0.390 e. The fraction of sp³-hybridized carbons (Fsp3) is 1.00. The topological polar surface area (TPSA) is 32.8 Å². The average Bonchev–Trinajstić information content (AvgIpc) is 2.81. The van der Waals surface area contributed by atoms with Crippen LogP contribution in [0.25, 0.3) is 0 Å². The van der Waals surface area contributed by atoms with E-state index in [1.54, 1.807) is 0 Å². The van der Waals surface area contributed by atoms with Gasteiger partial charge in [0, 0.05) is 6.42 Å². The van der Waals surface area contributed by atoms with Crippen molar-refractivity contribution in [3.8, 4) is 0 Å². The molecule has 2 fully saturated rings. The van der Waals surface area contributed by atoms with Crippen molar-refractivity contribution in [3.05, 3.63) is 0 Å². The SMILES string of the molecule is CC[C@](O)(C[C@@H]1CO1)C1CC1. The molecule has 0 aromatic rings.